The van der Waals surface area contributed by atoms with E-state index in [1.54, 1.807) is 31.2 Å². The minimum absolute atomic E-state index is 0.0443. The third-order valence-corrected chi connectivity index (χ3v) is 4.07. The largest absolute Gasteiger partial charge is 0.478 e. The smallest absolute Gasteiger partial charge is 0.340 e. The lowest BCUT2D eigenvalue weighted by Gasteiger charge is -2.16. The second-order valence-electron chi connectivity index (χ2n) is 4.47. The maximum absolute atomic E-state index is 12.4. The van der Waals surface area contributed by atoms with Crippen molar-refractivity contribution in [1.29, 1.82) is 0 Å². The van der Waals surface area contributed by atoms with E-state index in [1.807, 2.05) is 0 Å². The first-order chi connectivity index (χ1) is 9.95. The number of aromatic nitrogens is 1. The van der Waals surface area contributed by atoms with Crippen LogP contribution in [0.1, 0.15) is 32.0 Å². The minimum atomic E-state index is -1.11. The van der Waals surface area contributed by atoms with Crippen molar-refractivity contribution in [3.05, 3.63) is 46.6 Å². The fourth-order valence-electron chi connectivity index (χ4n) is 1.87. The molecule has 0 aliphatic heterocycles. The highest BCUT2D eigenvalue weighted by Crippen LogP contribution is 2.28. The maximum Gasteiger partial charge on any atom is 0.340 e. The number of aliphatic hydroxyl groups is 1. The number of carboxylic acid groups (broad SMARTS) is 1. The molecule has 0 bridgehead atoms. The van der Waals surface area contributed by atoms with Gasteiger partial charge in [-0.1, -0.05) is 12.1 Å². The van der Waals surface area contributed by atoms with Crippen molar-refractivity contribution in [2.24, 2.45) is 0 Å². The van der Waals surface area contributed by atoms with Crippen molar-refractivity contribution in [1.82, 2.24) is 4.37 Å². The Bertz CT molecular complexity index is 679. The molecule has 21 heavy (non-hydrogen) atoms. The van der Waals surface area contributed by atoms with E-state index in [0.29, 0.717) is 21.8 Å². The summed E-state index contributed by atoms with van der Waals surface area (Å²) in [6.07, 6.45) is 0. The average molecular weight is 306 g/mol. The molecule has 0 fully saturated rings. The van der Waals surface area contributed by atoms with E-state index in [-0.39, 0.29) is 18.1 Å². The third kappa shape index (κ3) is 2.93. The first-order valence-corrected chi connectivity index (χ1v) is 6.90. The fraction of sp³-hybridized carbons (Fsp3) is 0.214. The standard InChI is InChI=1S/C14H14N2O4S/c1-8-11(14(19)20)13(21-15-8)16(2)12(18)10-5-3-9(7-17)4-6-10/h3-6,17H,7H2,1-2H3,(H,19,20). The number of nitrogens with zero attached hydrogens (tertiary/aromatic N) is 2. The molecule has 0 radical (unpaired) electrons. The Morgan fingerprint density at radius 2 is 1.90 bits per heavy atom. The van der Waals surface area contributed by atoms with Crippen molar-refractivity contribution in [3.63, 3.8) is 0 Å². The number of carboxylic acids is 1. The van der Waals surface area contributed by atoms with E-state index < -0.39 is 5.97 Å². The molecule has 0 aliphatic rings. The molecule has 7 heteroatoms. The van der Waals surface area contributed by atoms with Gasteiger partial charge < -0.3 is 15.1 Å². The van der Waals surface area contributed by atoms with Gasteiger partial charge in [-0.25, -0.2) is 4.79 Å². The zero-order valence-corrected chi connectivity index (χ0v) is 12.3. The number of benzene rings is 1. The minimum Gasteiger partial charge on any atom is -0.478 e. The van der Waals surface area contributed by atoms with E-state index >= 15 is 0 Å². The van der Waals surface area contributed by atoms with E-state index in [2.05, 4.69) is 4.37 Å². The summed E-state index contributed by atoms with van der Waals surface area (Å²) < 4.78 is 4.00. The molecule has 0 saturated carbocycles. The van der Waals surface area contributed by atoms with Gasteiger partial charge in [-0.2, -0.15) is 4.37 Å². The molecule has 6 nitrogen and oxygen atoms in total. The average Bonchev–Trinajstić information content (AvgIpc) is 2.87. The molecule has 0 aliphatic carbocycles. The van der Waals surface area contributed by atoms with Gasteiger partial charge in [-0.3, -0.25) is 4.79 Å². The lowest BCUT2D eigenvalue weighted by atomic mass is 10.1. The molecule has 0 unspecified atom stereocenters. The first kappa shape index (κ1) is 15.1. The van der Waals surface area contributed by atoms with Gasteiger partial charge in [-0.15, -0.1) is 0 Å². The molecule has 1 aromatic carbocycles. The molecular weight excluding hydrogens is 292 g/mol. The van der Waals surface area contributed by atoms with E-state index in [0.717, 1.165) is 11.5 Å². The maximum atomic E-state index is 12.4. The Labute approximate surface area is 125 Å². The molecule has 0 atom stereocenters. The summed E-state index contributed by atoms with van der Waals surface area (Å²) in [5, 5.41) is 18.5. The number of rotatable bonds is 4. The van der Waals surface area contributed by atoms with Crippen LogP contribution in [0.15, 0.2) is 24.3 Å². The fourth-order valence-corrected chi connectivity index (χ4v) is 2.72. The lowest BCUT2D eigenvalue weighted by Crippen LogP contribution is -2.27. The van der Waals surface area contributed by atoms with E-state index in [4.69, 9.17) is 5.11 Å². The van der Waals surface area contributed by atoms with Gasteiger partial charge in [0.05, 0.1) is 12.3 Å². The molecule has 2 N–H and O–H groups in total. The zero-order chi connectivity index (χ0) is 15.6. The Morgan fingerprint density at radius 1 is 1.29 bits per heavy atom. The van der Waals surface area contributed by atoms with Crippen LogP contribution in [0.5, 0.6) is 0 Å². The number of aromatic carboxylic acids is 1. The van der Waals surface area contributed by atoms with Crippen LogP contribution in [-0.2, 0) is 6.61 Å². The Morgan fingerprint density at radius 3 is 2.43 bits per heavy atom. The van der Waals surface area contributed by atoms with Gasteiger partial charge in [0.1, 0.15) is 10.6 Å². The molecule has 2 aromatic rings. The summed E-state index contributed by atoms with van der Waals surface area (Å²) >= 11 is 0.978. The number of aryl methyl sites for hydroxylation is 1. The number of hydrogen-bond acceptors (Lipinski definition) is 5. The molecule has 0 saturated heterocycles. The van der Waals surface area contributed by atoms with Crippen LogP contribution in [-0.4, -0.2) is 33.5 Å². The summed E-state index contributed by atoms with van der Waals surface area (Å²) in [6.45, 7) is 1.50. The van der Waals surface area contributed by atoms with Crippen LogP contribution in [0.4, 0.5) is 5.00 Å². The highest BCUT2D eigenvalue weighted by molar-refractivity contribution is 7.11. The van der Waals surface area contributed by atoms with Crippen LogP contribution >= 0.6 is 11.5 Å². The summed E-state index contributed by atoms with van der Waals surface area (Å²) in [4.78, 5) is 24.9. The van der Waals surface area contributed by atoms with Crippen LogP contribution in [0.2, 0.25) is 0 Å². The highest BCUT2D eigenvalue weighted by Gasteiger charge is 2.24. The normalized spacial score (nSPS) is 10.4. The van der Waals surface area contributed by atoms with Crippen molar-refractivity contribution in [3.8, 4) is 0 Å². The van der Waals surface area contributed by atoms with Crippen LogP contribution in [0, 0.1) is 6.92 Å². The molecule has 1 amide bonds. The van der Waals surface area contributed by atoms with Gasteiger partial charge in [0.25, 0.3) is 5.91 Å². The van der Waals surface area contributed by atoms with Gasteiger partial charge in [0.15, 0.2) is 0 Å². The van der Waals surface area contributed by atoms with Gasteiger partial charge in [-0.05, 0) is 36.2 Å². The number of aliphatic hydroxyl groups excluding tert-OH is 1. The van der Waals surface area contributed by atoms with Crippen molar-refractivity contribution < 1.29 is 19.8 Å². The Balaban J connectivity index is 2.32. The summed E-state index contributed by atoms with van der Waals surface area (Å²) in [7, 11) is 1.52. The van der Waals surface area contributed by atoms with Crippen LogP contribution < -0.4 is 4.90 Å². The molecule has 110 valence electrons. The topological polar surface area (TPSA) is 90.7 Å². The van der Waals surface area contributed by atoms with E-state index in [1.165, 1.54) is 11.9 Å². The number of amides is 1. The Kier molecular flexibility index (Phi) is 4.35. The van der Waals surface area contributed by atoms with Gasteiger partial charge in [0, 0.05) is 12.6 Å². The highest BCUT2D eigenvalue weighted by atomic mass is 32.1. The molecule has 2 rings (SSSR count). The third-order valence-electron chi connectivity index (χ3n) is 3.05. The Hall–Kier alpha value is -2.25. The van der Waals surface area contributed by atoms with Crippen molar-refractivity contribution in [2.45, 2.75) is 13.5 Å². The van der Waals surface area contributed by atoms with Crippen LogP contribution in [0.25, 0.3) is 0 Å². The summed E-state index contributed by atoms with van der Waals surface area (Å²) in [5.41, 5.74) is 1.55. The molecule has 1 heterocycles. The number of carbonyl (C=O) groups excluding carboxylic acids is 1. The number of anilines is 1. The number of carbonyl (C=O) groups is 2. The molecule has 1 aromatic heterocycles. The van der Waals surface area contributed by atoms with Crippen LogP contribution in [0.3, 0.4) is 0 Å². The first-order valence-electron chi connectivity index (χ1n) is 6.13. The molecule has 0 spiro atoms. The monoisotopic (exact) mass is 306 g/mol. The summed E-state index contributed by atoms with van der Waals surface area (Å²) in [6, 6.07) is 6.49. The van der Waals surface area contributed by atoms with Crippen molar-refractivity contribution in [2.75, 3.05) is 11.9 Å². The lowest BCUT2D eigenvalue weighted by molar-refractivity contribution is 0.0697. The SMILES string of the molecule is Cc1nsc(N(C)C(=O)c2ccc(CO)cc2)c1C(=O)O. The summed E-state index contributed by atoms with van der Waals surface area (Å²) in [5.74, 6) is -1.43. The zero-order valence-electron chi connectivity index (χ0n) is 11.5. The second kappa shape index (κ2) is 6.02. The second-order valence-corrected chi connectivity index (χ2v) is 5.22. The van der Waals surface area contributed by atoms with E-state index in [9.17, 15) is 14.7 Å². The van der Waals surface area contributed by atoms with Gasteiger partial charge in [0.2, 0.25) is 0 Å². The van der Waals surface area contributed by atoms with Gasteiger partial charge >= 0.3 is 5.97 Å². The van der Waals surface area contributed by atoms with Crippen molar-refractivity contribution >= 4 is 28.4 Å². The predicted octanol–water partition coefficient (Wildman–Crippen LogP) is 1.92. The number of hydrogen-bond donors (Lipinski definition) is 2. The predicted molar refractivity (Wildman–Crippen MR) is 78.9 cm³/mol. The molecular formula is C14H14N2O4S. The quantitative estimate of drug-likeness (QED) is 0.900.